The van der Waals surface area contributed by atoms with Crippen LogP contribution in [-0.4, -0.2) is 25.0 Å². The van der Waals surface area contributed by atoms with E-state index in [4.69, 9.17) is 0 Å². The first-order valence-corrected chi connectivity index (χ1v) is 9.23. The van der Waals surface area contributed by atoms with Gasteiger partial charge in [0.2, 0.25) is 0 Å². The van der Waals surface area contributed by atoms with Crippen LogP contribution in [0.25, 0.3) is 22.3 Å². The summed E-state index contributed by atoms with van der Waals surface area (Å²) in [7, 11) is 2.91. The molecule has 0 saturated carbocycles. The summed E-state index contributed by atoms with van der Waals surface area (Å²) in [5.74, 6) is -0.469. The van der Waals surface area contributed by atoms with Gasteiger partial charge in [-0.3, -0.25) is 24.0 Å². The van der Waals surface area contributed by atoms with Gasteiger partial charge in [-0.1, -0.05) is 30.3 Å². The van der Waals surface area contributed by atoms with E-state index in [1.54, 1.807) is 0 Å². The number of fused-ring (bicyclic) bond motifs is 1. The topological polar surface area (TPSA) is 98.9 Å². The lowest BCUT2D eigenvalue weighted by atomic mass is 10.2. The van der Waals surface area contributed by atoms with Crippen LogP contribution in [0.5, 0.6) is 0 Å². The highest BCUT2D eigenvalue weighted by Crippen LogP contribution is 2.24. The molecule has 0 aliphatic carbocycles. The summed E-state index contributed by atoms with van der Waals surface area (Å²) in [6, 6.07) is 12.6. The van der Waals surface area contributed by atoms with Gasteiger partial charge in [0.1, 0.15) is 11.3 Å². The molecule has 8 nitrogen and oxygen atoms in total. The predicted molar refractivity (Wildman–Crippen MR) is 108 cm³/mol. The third-order valence-electron chi connectivity index (χ3n) is 4.33. The van der Waals surface area contributed by atoms with E-state index in [1.807, 2.05) is 35.7 Å². The van der Waals surface area contributed by atoms with Crippen LogP contribution in [0.4, 0.5) is 5.13 Å². The molecule has 0 spiro atoms. The number of hydrogen-bond donors (Lipinski definition) is 1. The molecular formula is C19H15N5O3S. The standard InChI is InChI=1S/C19H15N5O3S/c1-23-15-12(17(26)24(2)19(23)27)8-9-13(20-15)16(25)22-18-21-14(10-28-18)11-6-4-3-5-7-11/h3-10H,1-2H3,(H,21,22,25). The molecule has 4 aromatic rings. The number of carbonyl (C=O) groups is 1. The van der Waals surface area contributed by atoms with E-state index >= 15 is 0 Å². The lowest BCUT2D eigenvalue weighted by Crippen LogP contribution is -2.37. The molecule has 0 aliphatic rings. The van der Waals surface area contributed by atoms with Crippen molar-refractivity contribution in [1.29, 1.82) is 0 Å². The zero-order valence-corrected chi connectivity index (χ0v) is 15.9. The molecular weight excluding hydrogens is 378 g/mol. The number of carbonyl (C=O) groups excluding carboxylic acids is 1. The van der Waals surface area contributed by atoms with Crippen LogP contribution in [0.15, 0.2) is 57.4 Å². The minimum absolute atomic E-state index is 0.0900. The molecule has 0 atom stereocenters. The zero-order chi connectivity index (χ0) is 19.8. The van der Waals surface area contributed by atoms with Gasteiger partial charge in [-0.05, 0) is 12.1 Å². The number of nitrogens with zero attached hydrogens (tertiary/aromatic N) is 4. The fraction of sp³-hybridized carbons (Fsp3) is 0.105. The van der Waals surface area contributed by atoms with Crippen molar-refractivity contribution in [2.45, 2.75) is 0 Å². The Morgan fingerprint density at radius 1 is 1.00 bits per heavy atom. The van der Waals surface area contributed by atoms with Gasteiger partial charge in [-0.25, -0.2) is 14.8 Å². The van der Waals surface area contributed by atoms with Crippen LogP contribution in [0, 0.1) is 0 Å². The Bertz CT molecular complexity index is 1320. The van der Waals surface area contributed by atoms with Crippen molar-refractivity contribution in [3.63, 3.8) is 0 Å². The van der Waals surface area contributed by atoms with Crippen LogP contribution < -0.4 is 16.6 Å². The predicted octanol–water partition coefficient (Wildman–Crippen LogP) is 2.01. The van der Waals surface area contributed by atoms with E-state index in [0.29, 0.717) is 5.13 Å². The molecule has 0 bridgehead atoms. The highest BCUT2D eigenvalue weighted by atomic mass is 32.1. The summed E-state index contributed by atoms with van der Waals surface area (Å²) >= 11 is 1.30. The fourth-order valence-electron chi connectivity index (χ4n) is 2.81. The molecule has 0 fully saturated rings. The summed E-state index contributed by atoms with van der Waals surface area (Å²) in [6.07, 6.45) is 0. The molecule has 1 aromatic carbocycles. The van der Waals surface area contributed by atoms with Crippen molar-refractivity contribution in [2.24, 2.45) is 14.1 Å². The Hall–Kier alpha value is -3.59. The van der Waals surface area contributed by atoms with Crippen molar-refractivity contribution >= 4 is 33.4 Å². The fourth-order valence-corrected chi connectivity index (χ4v) is 3.53. The minimum Gasteiger partial charge on any atom is -0.296 e. The summed E-state index contributed by atoms with van der Waals surface area (Å²) in [5, 5.41) is 5.26. The van der Waals surface area contributed by atoms with Crippen molar-refractivity contribution in [3.05, 3.63) is 74.4 Å². The molecule has 3 heterocycles. The highest BCUT2D eigenvalue weighted by molar-refractivity contribution is 7.14. The number of benzene rings is 1. The van der Waals surface area contributed by atoms with Crippen LogP contribution in [0.2, 0.25) is 0 Å². The van der Waals surface area contributed by atoms with Crippen LogP contribution in [-0.2, 0) is 14.1 Å². The molecule has 1 amide bonds. The second kappa shape index (κ2) is 6.86. The number of rotatable bonds is 3. The summed E-state index contributed by atoms with van der Waals surface area (Å²) in [4.78, 5) is 45.5. The van der Waals surface area contributed by atoms with Gasteiger partial charge in [0, 0.05) is 25.0 Å². The molecule has 0 saturated heterocycles. The first-order valence-electron chi connectivity index (χ1n) is 8.35. The monoisotopic (exact) mass is 393 g/mol. The normalized spacial score (nSPS) is 10.9. The van der Waals surface area contributed by atoms with E-state index in [0.717, 1.165) is 15.8 Å². The number of nitrogens with one attached hydrogen (secondary N) is 1. The van der Waals surface area contributed by atoms with Gasteiger partial charge >= 0.3 is 5.69 Å². The maximum absolute atomic E-state index is 12.6. The van der Waals surface area contributed by atoms with Crippen molar-refractivity contribution in [2.75, 3.05) is 5.32 Å². The van der Waals surface area contributed by atoms with Gasteiger partial charge in [-0.2, -0.15) is 0 Å². The van der Waals surface area contributed by atoms with E-state index in [1.165, 1.54) is 42.1 Å². The zero-order valence-electron chi connectivity index (χ0n) is 15.0. The van der Waals surface area contributed by atoms with E-state index in [2.05, 4.69) is 15.3 Å². The maximum Gasteiger partial charge on any atom is 0.332 e. The third kappa shape index (κ3) is 3.01. The highest BCUT2D eigenvalue weighted by Gasteiger charge is 2.15. The van der Waals surface area contributed by atoms with Gasteiger partial charge < -0.3 is 0 Å². The Morgan fingerprint density at radius 3 is 2.50 bits per heavy atom. The van der Waals surface area contributed by atoms with E-state index in [-0.39, 0.29) is 16.7 Å². The van der Waals surface area contributed by atoms with Crippen molar-refractivity contribution < 1.29 is 4.79 Å². The molecule has 3 aromatic heterocycles. The quantitative estimate of drug-likeness (QED) is 0.574. The Labute approximate surface area is 162 Å². The number of thiazole rings is 1. The van der Waals surface area contributed by atoms with Gasteiger partial charge in [0.05, 0.1) is 11.1 Å². The number of hydrogen-bond acceptors (Lipinski definition) is 6. The largest absolute Gasteiger partial charge is 0.332 e. The summed E-state index contributed by atoms with van der Waals surface area (Å²) in [6.45, 7) is 0. The molecule has 1 N–H and O–H groups in total. The van der Waals surface area contributed by atoms with Crippen LogP contribution in [0.1, 0.15) is 10.5 Å². The van der Waals surface area contributed by atoms with Gasteiger partial charge in [-0.15, -0.1) is 11.3 Å². The summed E-state index contributed by atoms with van der Waals surface area (Å²) in [5.41, 5.74) is 1.00. The first kappa shape index (κ1) is 17.8. The number of aryl methyl sites for hydroxylation is 1. The number of aromatic nitrogens is 4. The van der Waals surface area contributed by atoms with Gasteiger partial charge in [0.25, 0.3) is 11.5 Å². The molecule has 9 heteroatoms. The molecule has 0 aliphatic heterocycles. The molecule has 4 rings (SSSR count). The Kier molecular flexibility index (Phi) is 4.36. The van der Waals surface area contributed by atoms with Crippen LogP contribution >= 0.6 is 11.3 Å². The lowest BCUT2D eigenvalue weighted by molar-refractivity contribution is 0.102. The molecule has 0 unspecified atom stereocenters. The maximum atomic E-state index is 12.6. The Morgan fingerprint density at radius 2 is 1.75 bits per heavy atom. The van der Waals surface area contributed by atoms with Crippen molar-refractivity contribution in [3.8, 4) is 11.3 Å². The molecule has 28 heavy (non-hydrogen) atoms. The minimum atomic E-state index is -0.505. The SMILES string of the molecule is Cn1c(=O)c2ccc(C(=O)Nc3nc(-c4ccccc4)cs3)nc2n(C)c1=O. The van der Waals surface area contributed by atoms with E-state index < -0.39 is 17.2 Å². The Balaban J connectivity index is 1.66. The summed E-state index contributed by atoms with van der Waals surface area (Å²) < 4.78 is 2.24. The average Bonchev–Trinajstić information content (AvgIpc) is 3.19. The number of pyridine rings is 1. The average molecular weight is 393 g/mol. The smallest absolute Gasteiger partial charge is 0.296 e. The lowest BCUT2D eigenvalue weighted by Gasteiger charge is -2.08. The van der Waals surface area contributed by atoms with Gasteiger partial charge in [0.15, 0.2) is 5.13 Å². The number of amides is 1. The van der Waals surface area contributed by atoms with Crippen molar-refractivity contribution in [1.82, 2.24) is 19.1 Å². The third-order valence-corrected chi connectivity index (χ3v) is 5.09. The molecule has 140 valence electrons. The van der Waals surface area contributed by atoms with E-state index in [9.17, 15) is 14.4 Å². The van der Waals surface area contributed by atoms with Crippen LogP contribution in [0.3, 0.4) is 0 Å². The molecule has 0 radical (unpaired) electrons. The number of anilines is 1. The first-order chi connectivity index (χ1) is 13.5. The second-order valence-electron chi connectivity index (χ2n) is 6.13. The second-order valence-corrected chi connectivity index (χ2v) is 6.99.